The topological polar surface area (TPSA) is 81.7 Å². The summed E-state index contributed by atoms with van der Waals surface area (Å²) in [6, 6.07) is 11.9. The van der Waals surface area contributed by atoms with Gasteiger partial charge in [-0.05, 0) is 61.8 Å². The highest BCUT2D eigenvalue weighted by Gasteiger charge is 2.26. The highest BCUT2D eigenvalue weighted by molar-refractivity contribution is 6.31. The Balaban J connectivity index is 1.42. The molecule has 1 aliphatic heterocycles. The van der Waals surface area contributed by atoms with Crippen LogP contribution >= 0.6 is 23.2 Å². The molecule has 8 heteroatoms. The van der Waals surface area contributed by atoms with E-state index in [-0.39, 0.29) is 23.5 Å². The zero-order valence-electron chi connectivity index (χ0n) is 15.8. The van der Waals surface area contributed by atoms with E-state index < -0.39 is 0 Å². The minimum absolute atomic E-state index is 0.0171. The smallest absolute Gasteiger partial charge is 0.234 e. The van der Waals surface area contributed by atoms with Crippen LogP contribution in [-0.4, -0.2) is 41.5 Å². The van der Waals surface area contributed by atoms with Crippen molar-refractivity contribution in [3.63, 3.8) is 0 Å². The molecule has 0 radical (unpaired) electrons. The van der Waals surface area contributed by atoms with E-state index >= 15 is 0 Å². The molecule has 0 spiro atoms. The van der Waals surface area contributed by atoms with Gasteiger partial charge in [0.15, 0.2) is 0 Å². The van der Waals surface area contributed by atoms with Crippen LogP contribution in [0.25, 0.3) is 0 Å². The van der Waals surface area contributed by atoms with Crippen molar-refractivity contribution in [3.8, 4) is 5.75 Å². The van der Waals surface area contributed by atoms with E-state index in [1.54, 1.807) is 12.1 Å². The first kappa shape index (κ1) is 21.4. The molecule has 3 rings (SSSR count). The van der Waals surface area contributed by atoms with E-state index in [9.17, 15) is 14.7 Å². The van der Waals surface area contributed by atoms with Crippen LogP contribution in [0, 0.1) is 5.92 Å². The number of carbonyl (C=O) groups excluding carboxylic acids is 2. The van der Waals surface area contributed by atoms with Crippen molar-refractivity contribution in [3.05, 3.63) is 58.1 Å². The number of phenols is 1. The number of nitrogens with zero attached hydrogens (tertiary/aromatic N) is 1. The Morgan fingerprint density at radius 3 is 2.52 bits per heavy atom. The summed E-state index contributed by atoms with van der Waals surface area (Å²) in [5.41, 5.74) is 1.26. The van der Waals surface area contributed by atoms with Gasteiger partial charge in [0.1, 0.15) is 5.75 Å². The molecule has 0 aliphatic carbocycles. The number of nitrogens with one attached hydrogen (secondary N) is 2. The van der Waals surface area contributed by atoms with Crippen molar-refractivity contribution in [1.29, 1.82) is 0 Å². The largest absolute Gasteiger partial charge is 0.506 e. The number of amides is 2. The van der Waals surface area contributed by atoms with Crippen molar-refractivity contribution in [1.82, 2.24) is 10.2 Å². The second-order valence-electron chi connectivity index (χ2n) is 7.11. The zero-order chi connectivity index (χ0) is 20.8. The average Bonchev–Trinajstić information content (AvgIpc) is 2.70. The van der Waals surface area contributed by atoms with Crippen LogP contribution in [0.4, 0.5) is 5.69 Å². The summed E-state index contributed by atoms with van der Waals surface area (Å²) in [5, 5.41) is 16.6. The normalized spacial score (nSPS) is 15.1. The van der Waals surface area contributed by atoms with E-state index in [4.69, 9.17) is 23.2 Å². The first-order valence-electron chi connectivity index (χ1n) is 9.43. The number of anilines is 1. The lowest BCUT2D eigenvalue weighted by Crippen LogP contribution is -2.43. The fraction of sp³-hybridized carbons (Fsp3) is 0.333. The molecule has 2 amide bonds. The number of phenolic OH excluding ortho intramolecular Hbond substituents is 1. The van der Waals surface area contributed by atoms with Gasteiger partial charge in [-0.15, -0.1) is 0 Å². The number of halogens is 2. The van der Waals surface area contributed by atoms with Gasteiger partial charge in [-0.1, -0.05) is 35.3 Å². The van der Waals surface area contributed by atoms with Gasteiger partial charge in [0, 0.05) is 22.5 Å². The van der Waals surface area contributed by atoms with Crippen LogP contribution < -0.4 is 10.6 Å². The molecule has 154 valence electrons. The van der Waals surface area contributed by atoms with Crippen LogP contribution in [0.15, 0.2) is 42.5 Å². The zero-order valence-corrected chi connectivity index (χ0v) is 17.3. The van der Waals surface area contributed by atoms with Gasteiger partial charge < -0.3 is 15.7 Å². The Morgan fingerprint density at radius 2 is 1.79 bits per heavy atom. The lowest BCUT2D eigenvalue weighted by Gasteiger charge is -2.30. The predicted octanol–water partition coefficient (Wildman–Crippen LogP) is 3.67. The molecule has 0 atom stereocenters. The summed E-state index contributed by atoms with van der Waals surface area (Å²) >= 11 is 11.9. The molecular formula is C21H23Cl2N3O3. The molecule has 2 aromatic carbocycles. The third-order valence-corrected chi connectivity index (χ3v) is 5.39. The quantitative estimate of drug-likeness (QED) is 0.604. The summed E-state index contributed by atoms with van der Waals surface area (Å²) in [7, 11) is 0. The van der Waals surface area contributed by atoms with Crippen LogP contribution in [0.3, 0.4) is 0 Å². The van der Waals surface area contributed by atoms with Crippen molar-refractivity contribution in [2.75, 3.05) is 25.0 Å². The van der Waals surface area contributed by atoms with Gasteiger partial charge in [-0.3, -0.25) is 14.5 Å². The summed E-state index contributed by atoms with van der Waals surface area (Å²) in [5.74, 6) is -0.389. The van der Waals surface area contributed by atoms with Gasteiger partial charge in [-0.2, -0.15) is 0 Å². The van der Waals surface area contributed by atoms with E-state index in [2.05, 4.69) is 10.6 Å². The number of carbonyl (C=O) groups is 2. The Labute approximate surface area is 179 Å². The van der Waals surface area contributed by atoms with Gasteiger partial charge in [0.2, 0.25) is 11.8 Å². The van der Waals surface area contributed by atoms with Gasteiger partial charge in [0.05, 0.1) is 12.2 Å². The molecule has 6 nitrogen and oxygen atoms in total. The maximum Gasteiger partial charge on any atom is 0.234 e. The average molecular weight is 436 g/mol. The van der Waals surface area contributed by atoms with Crippen molar-refractivity contribution in [2.24, 2.45) is 5.92 Å². The number of aromatic hydroxyl groups is 1. The van der Waals surface area contributed by atoms with Crippen LogP contribution in [0.1, 0.15) is 18.4 Å². The van der Waals surface area contributed by atoms with E-state index in [1.165, 1.54) is 12.1 Å². The highest BCUT2D eigenvalue weighted by atomic mass is 35.5. The number of piperidine rings is 1. The van der Waals surface area contributed by atoms with Crippen molar-refractivity contribution < 1.29 is 14.7 Å². The molecule has 0 bridgehead atoms. The van der Waals surface area contributed by atoms with Crippen molar-refractivity contribution >= 4 is 40.7 Å². The molecule has 29 heavy (non-hydrogen) atoms. The summed E-state index contributed by atoms with van der Waals surface area (Å²) < 4.78 is 0. The van der Waals surface area contributed by atoms with Gasteiger partial charge in [0.25, 0.3) is 0 Å². The fourth-order valence-corrected chi connectivity index (χ4v) is 3.69. The third-order valence-electron chi connectivity index (χ3n) is 4.92. The first-order chi connectivity index (χ1) is 13.9. The van der Waals surface area contributed by atoms with Crippen LogP contribution in [0.2, 0.25) is 10.0 Å². The van der Waals surface area contributed by atoms with E-state index in [0.717, 1.165) is 5.56 Å². The van der Waals surface area contributed by atoms with E-state index in [1.807, 2.05) is 23.1 Å². The number of benzene rings is 2. The fourth-order valence-electron chi connectivity index (χ4n) is 3.30. The molecular weight excluding hydrogens is 413 g/mol. The number of hydrogen-bond donors (Lipinski definition) is 3. The molecule has 2 aromatic rings. The Kier molecular flexibility index (Phi) is 7.36. The standard InChI is InChI=1S/C21H23Cl2N3O3/c22-16-3-1-2-14(10-16)12-24-20(28)13-26-8-6-15(7-9-26)21(29)25-18-11-17(23)4-5-19(18)27/h1-5,10-11,15,27H,6-9,12-13H2,(H,24,28)(H,25,29). The van der Waals surface area contributed by atoms with Crippen molar-refractivity contribution in [2.45, 2.75) is 19.4 Å². The number of hydrogen-bond acceptors (Lipinski definition) is 4. The summed E-state index contributed by atoms with van der Waals surface area (Å²) in [4.78, 5) is 26.7. The molecule has 1 aliphatic rings. The van der Waals surface area contributed by atoms with Gasteiger partial charge in [-0.25, -0.2) is 0 Å². The molecule has 1 fully saturated rings. The SMILES string of the molecule is O=C(CN1CCC(C(=O)Nc2cc(Cl)ccc2O)CC1)NCc1cccc(Cl)c1. The first-order valence-corrected chi connectivity index (χ1v) is 10.2. The second-order valence-corrected chi connectivity index (χ2v) is 7.98. The minimum atomic E-state index is -0.167. The lowest BCUT2D eigenvalue weighted by molar-refractivity contribution is -0.123. The Bertz CT molecular complexity index is 883. The lowest BCUT2D eigenvalue weighted by atomic mass is 9.95. The molecule has 0 aromatic heterocycles. The summed E-state index contributed by atoms with van der Waals surface area (Å²) in [6.45, 7) is 2.04. The minimum Gasteiger partial charge on any atom is -0.506 e. The molecule has 3 N–H and O–H groups in total. The number of rotatable bonds is 6. The molecule has 0 unspecified atom stereocenters. The van der Waals surface area contributed by atoms with Crippen LogP contribution in [-0.2, 0) is 16.1 Å². The Morgan fingerprint density at radius 1 is 1.07 bits per heavy atom. The Hall–Kier alpha value is -2.28. The molecule has 1 heterocycles. The maximum atomic E-state index is 12.5. The highest BCUT2D eigenvalue weighted by Crippen LogP contribution is 2.28. The number of likely N-dealkylation sites (tertiary alicyclic amines) is 1. The van der Waals surface area contributed by atoms with E-state index in [0.29, 0.717) is 54.8 Å². The molecule has 0 saturated carbocycles. The summed E-state index contributed by atoms with van der Waals surface area (Å²) in [6.07, 6.45) is 1.30. The third kappa shape index (κ3) is 6.35. The maximum absolute atomic E-state index is 12.5. The second kappa shape index (κ2) is 9.96. The van der Waals surface area contributed by atoms with Crippen LogP contribution in [0.5, 0.6) is 5.75 Å². The molecule has 1 saturated heterocycles. The monoisotopic (exact) mass is 435 g/mol. The predicted molar refractivity (Wildman–Crippen MR) is 114 cm³/mol. The van der Waals surface area contributed by atoms with Gasteiger partial charge >= 0.3 is 0 Å².